The van der Waals surface area contributed by atoms with Crippen LogP contribution < -0.4 is 11.3 Å². The minimum absolute atomic E-state index is 0.767. The van der Waals surface area contributed by atoms with Gasteiger partial charge < -0.3 is 4.90 Å². The highest BCUT2D eigenvalue weighted by Crippen LogP contribution is 2.13. The van der Waals surface area contributed by atoms with E-state index >= 15 is 0 Å². The Kier molecular flexibility index (Phi) is 3.12. The van der Waals surface area contributed by atoms with E-state index in [1.54, 1.807) is 0 Å². The summed E-state index contributed by atoms with van der Waals surface area (Å²) < 4.78 is 0. The second-order valence-corrected chi connectivity index (χ2v) is 3.18. The van der Waals surface area contributed by atoms with Crippen LogP contribution >= 0.6 is 0 Å². The molecule has 1 saturated heterocycles. The average Bonchev–Trinajstić information content (AvgIpc) is 1.88. The van der Waals surface area contributed by atoms with Crippen LogP contribution in [0.4, 0.5) is 0 Å². The molecule has 0 aromatic rings. The lowest BCUT2D eigenvalue weighted by atomic mass is 9.99. The molecule has 3 nitrogen and oxygen atoms in total. The number of piperidine rings is 1. The molecular formula is C7H17N3. The lowest BCUT2D eigenvalue weighted by Gasteiger charge is -2.29. The molecule has 3 heteroatoms. The van der Waals surface area contributed by atoms with Crippen molar-refractivity contribution in [3.63, 3.8) is 0 Å². The van der Waals surface area contributed by atoms with Gasteiger partial charge >= 0.3 is 0 Å². The highest BCUT2D eigenvalue weighted by atomic mass is 15.2. The van der Waals surface area contributed by atoms with Gasteiger partial charge in [-0.1, -0.05) is 0 Å². The van der Waals surface area contributed by atoms with Gasteiger partial charge in [0.15, 0.2) is 0 Å². The van der Waals surface area contributed by atoms with E-state index in [1.807, 2.05) is 0 Å². The van der Waals surface area contributed by atoms with Crippen molar-refractivity contribution in [2.45, 2.75) is 12.8 Å². The van der Waals surface area contributed by atoms with E-state index in [2.05, 4.69) is 17.4 Å². The Morgan fingerprint density at radius 3 is 3.10 bits per heavy atom. The van der Waals surface area contributed by atoms with Crippen LogP contribution in [0.2, 0.25) is 0 Å². The molecule has 1 unspecified atom stereocenters. The molecule has 0 aromatic heterocycles. The number of nitrogens with zero attached hydrogens (tertiary/aromatic N) is 1. The van der Waals surface area contributed by atoms with Crippen molar-refractivity contribution < 1.29 is 0 Å². The van der Waals surface area contributed by atoms with Crippen molar-refractivity contribution >= 4 is 0 Å². The zero-order valence-corrected chi connectivity index (χ0v) is 6.64. The van der Waals surface area contributed by atoms with Crippen molar-refractivity contribution in [3.8, 4) is 0 Å². The molecule has 0 amide bonds. The van der Waals surface area contributed by atoms with Gasteiger partial charge in [0.1, 0.15) is 0 Å². The van der Waals surface area contributed by atoms with Crippen LogP contribution in [-0.4, -0.2) is 31.6 Å². The van der Waals surface area contributed by atoms with Gasteiger partial charge in [-0.15, -0.1) is 0 Å². The maximum Gasteiger partial charge on any atom is 0.0138 e. The quantitative estimate of drug-likeness (QED) is 0.415. The molecule has 1 heterocycles. The standard InChI is InChI=1S/C7H17N3/c1-10-4-2-3-7(6-10)5-9-8/h7,9H,2-6,8H2,1H3. The van der Waals surface area contributed by atoms with Gasteiger partial charge in [0.2, 0.25) is 0 Å². The first-order chi connectivity index (χ1) is 4.83. The average molecular weight is 143 g/mol. The number of nitrogens with two attached hydrogens (primary N) is 1. The van der Waals surface area contributed by atoms with Crippen molar-refractivity contribution in [2.75, 3.05) is 26.7 Å². The minimum Gasteiger partial charge on any atom is -0.306 e. The Labute approximate surface area is 62.5 Å². The summed E-state index contributed by atoms with van der Waals surface area (Å²) in [6.45, 7) is 3.41. The largest absolute Gasteiger partial charge is 0.306 e. The van der Waals surface area contributed by atoms with Crippen LogP contribution in [-0.2, 0) is 0 Å². The van der Waals surface area contributed by atoms with Crippen LogP contribution in [0.25, 0.3) is 0 Å². The second-order valence-electron chi connectivity index (χ2n) is 3.18. The fourth-order valence-corrected chi connectivity index (χ4v) is 1.61. The number of nitrogens with one attached hydrogen (secondary N) is 1. The summed E-state index contributed by atoms with van der Waals surface area (Å²) in [6, 6.07) is 0. The van der Waals surface area contributed by atoms with E-state index in [9.17, 15) is 0 Å². The molecule has 1 aliphatic rings. The number of likely N-dealkylation sites (tertiary alicyclic amines) is 1. The molecule has 3 N–H and O–H groups in total. The van der Waals surface area contributed by atoms with E-state index in [4.69, 9.17) is 5.84 Å². The summed E-state index contributed by atoms with van der Waals surface area (Å²) >= 11 is 0. The third-order valence-corrected chi connectivity index (χ3v) is 2.13. The maximum atomic E-state index is 5.24. The van der Waals surface area contributed by atoms with E-state index in [0.717, 1.165) is 12.5 Å². The topological polar surface area (TPSA) is 41.3 Å². The summed E-state index contributed by atoms with van der Waals surface area (Å²) in [5.41, 5.74) is 2.73. The molecule has 1 rings (SSSR count). The van der Waals surface area contributed by atoms with E-state index in [-0.39, 0.29) is 0 Å². The third-order valence-electron chi connectivity index (χ3n) is 2.13. The molecule has 1 fully saturated rings. The Hall–Kier alpha value is -0.120. The maximum absolute atomic E-state index is 5.24. The molecule has 1 aliphatic heterocycles. The van der Waals surface area contributed by atoms with Crippen LogP contribution in [0, 0.1) is 5.92 Å². The molecule has 0 bridgehead atoms. The van der Waals surface area contributed by atoms with Gasteiger partial charge in [-0.25, -0.2) is 0 Å². The molecule has 60 valence electrons. The van der Waals surface area contributed by atoms with Crippen LogP contribution in [0.5, 0.6) is 0 Å². The zero-order chi connectivity index (χ0) is 7.40. The van der Waals surface area contributed by atoms with Crippen LogP contribution in [0.3, 0.4) is 0 Å². The van der Waals surface area contributed by atoms with Crippen molar-refractivity contribution in [1.29, 1.82) is 0 Å². The molecule has 0 radical (unpaired) electrons. The molecule has 0 saturated carbocycles. The first-order valence-electron chi connectivity index (χ1n) is 3.95. The van der Waals surface area contributed by atoms with E-state index < -0.39 is 0 Å². The summed E-state index contributed by atoms with van der Waals surface area (Å²) in [5.74, 6) is 6.00. The predicted octanol–water partition coefficient (Wildman–Crippen LogP) is -0.208. The number of hydrogen-bond acceptors (Lipinski definition) is 3. The van der Waals surface area contributed by atoms with Crippen molar-refractivity contribution in [3.05, 3.63) is 0 Å². The summed E-state index contributed by atoms with van der Waals surface area (Å²) in [6.07, 6.45) is 2.65. The van der Waals surface area contributed by atoms with Crippen LogP contribution in [0.15, 0.2) is 0 Å². The first-order valence-corrected chi connectivity index (χ1v) is 3.95. The van der Waals surface area contributed by atoms with Gasteiger partial charge in [-0.2, -0.15) is 0 Å². The van der Waals surface area contributed by atoms with Gasteiger partial charge in [-0.3, -0.25) is 11.3 Å². The molecular weight excluding hydrogens is 126 g/mol. The normalized spacial score (nSPS) is 28.8. The Bertz CT molecular complexity index is 92.9. The first kappa shape index (κ1) is 7.98. The molecule has 1 atom stereocenters. The Morgan fingerprint density at radius 1 is 1.70 bits per heavy atom. The van der Waals surface area contributed by atoms with Crippen molar-refractivity contribution in [2.24, 2.45) is 11.8 Å². The fraction of sp³-hybridized carbons (Fsp3) is 1.00. The molecule has 0 aliphatic carbocycles. The predicted molar refractivity (Wildman–Crippen MR) is 42.4 cm³/mol. The molecule has 0 spiro atoms. The third kappa shape index (κ3) is 2.25. The number of rotatable bonds is 2. The van der Waals surface area contributed by atoms with Gasteiger partial charge in [0.25, 0.3) is 0 Å². The SMILES string of the molecule is CN1CCCC(CNN)C1. The smallest absolute Gasteiger partial charge is 0.0138 e. The highest BCUT2D eigenvalue weighted by Gasteiger charge is 2.15. The van der Waals surface area contributed by atoms with Gasteiger partial charge in [0, 0.05) is 13.1 Å². The number of hydrogen-bond donors (Lipinski definition) is 2. The zero-order valence-electron chi connectivity index (χ0n) is 6.64. The highest BCUT2D eigenvalue weighted by molar-refractivity contribution is 4.70. The lowest BCUT2D eigenvalue weighted by molar-refractivity contribution is 0.207. The lowest BCUT2D eigenvalue weighted by Crippen LogP contribution is -2.39. The van der Waals surface area contributed by atoms with Crippen LogP contribution in [0.1, 0.15) is 12.8 Å². The summed E-state index contributed by atoms with van der Waals surface area (Å²) in [5, 5.41) is 0. The van der Waals surface area contributed by atoms with Gasteiger partial charge in [0.05, 0.1) is 0 Å². The summed E-state index contributed by atoms with van der Waals surface area (Å²) in [4.78, 5) is 2.37. The molecule has 10 heavy (non-hydrogen) atoms. The van der Waals surface area contributed by atoms with E-state index in [1.165, 1.54) is 25.9 Å². The second kappa shape index (κ2) is 3.91. The van der Waals surface area contributed by atoms with Gasteiger partial charge in [-0.05, 0) is 32.4 Å². The minimum atomic E-state index is 0.767. The Balaban J connectivity index is 2.18. The summed E-state index contributed by atoms with van der Waals surface area (Å²) in [7, 11) is 2.17. The fourth-order valence-electron chi connectivity index (χ4n) is 1.61. The van der Waals surface area contributed by atoms with Crippen molar-refractivity contribution in [1.82, 2.24) is 10.3 Å². The van der Waals surface area contributed by atoms with E-state index in [0.29, 0.717) is 0 Å². The molecule has 0 aromatic carbocycles. The number of hydrazine groups is 1. The monoisotopic (exact) mass is 143 g/mol. The Morgan fingerprint density at radius 2 is 2.50 bits per heavy atom.